The second-order valence-electron chi connectivity index (χ2n) is 4.72. The van der Waals surface area contributed by atoms with Crippen LogP contribution in [0.3, 0.4) is 0 Å². The number of hydrogen-bond donors (Lipinski definition) is 0. The van der Waals surface area contributed by atoms with E-state index < -0.39 is 0 Å². The van der Waals surface area contributed by atoms with Gasteiger partial charge in [0.25, 0.3) is 0 Å². The molecule has 19 heavy (non-hydrogen) atoms. The Morgan fingerprint density at radius 1 is 1.11 bits per heavy atom. The highest BCUT2D eigenvalue weighted by Crippen LogP contribution is 2.05. The SMILES string of the molecule is CCCC/C=C\C#CCCCCCCCOC(C)=O. The predicted molar refractivity (Wildman–Crippen MR) is 80.8 cm³/mol. The highest BCUT2D eigenvalue weighted by molar-refractivity contribution is 5.65. The molecule has 0 saturated heterocycles. The minimum atomic E-state index is -0.178. The summed E-state index contributed by atoms with van der Waals surface area (Å²) in [5, 5.41) is 0. The van der Waals surface area contributed by atoms with Crippen molar-refractivity contribution in [3.63, 3.8) is 0 Å². The van der Waals surface area contributed by atoms with Gasteiger partial charge in [0.2, 0.25) is 0 Å². The maximum absolute atomic E-state index is 10.5. The van der Waals surface area contributed by atoms with Crippen molar-refractivity contribution < 1.29 is 9.53 Å². The molecule has 0 rings (SSSR count). The molecular weight excluding hydrogens is 236 g/mol. The molecule has 0 aromatic rings. The first kappa shape index (κ1) is 17.8. The number of rotatable bonds is 10. The van der Waals surface area contributed by atoms with Gasteiger partial charge in [0.15, 0.2) is 0 Å². The first-order valence-electron chi connectivity index (χ1n) is 7.54. The number of ether oxygens (including phenoxy) is 1. The first-order valence-corrected chi connectivity index (χ1v) is 7.54. The molecule has 0 aromatic heterocycles. The van der Waals surface area contributed by atoms with E-state index in [1.54, 1.807) is 0 Å². The standard InChI is InChI=1S/C17H28O2/c1-3-4-5-6-7-8-9-10-11-12-13-14-15-16-19-17(2)18/h6-7H,3-5,10-16H2,1-2H3/b7-6-. The van der Waals surface area contributed by atoms with Crippen LogP contribution in [0, 0.1) is 11.8 Å². The van der Waals surface area contributed by atoms with Crippen molar-refractivity contribution >= 4 is 5.97 Å². The third kappa shape index (κ3) is 16.8. The molecule has 0 amide bonds. The second-order valence-corrected chi connectivity index (χ2v) is 4.72. The van der Waals surface area contributed by atoms with Crippen molar-refractivity contribution in [1.82, 2.24) is 0 Å². The number of carbonyl (C=O) groups is 1. The summed E-state index contributed by atoms with van der Waals surface area (Å²) in [5.41, 5.74) is 0. The van der Waals surface area contributed by atoms with E-state index in [1.165, 1.54) is 39.0 Å². The summed E-state index contributed by atoms with van der Waals surface area (Å²) in [4.78, 5) is 10.5. The van der Waals surface area contributed by atoms with Gasteiger partial charge in [-0.1, -0.05) is 56.9 Å². The van der Waals surface area contributed by atoms with Gasteiger partial charge in [0.1, 0.15) is 0 Å². The van der Waals surface area contributed by atoms with E-state index in [0.717, 1.165) is 25.7 Å². The van der Waals surface area contributed by atoms with Gasteiger partial charge in [0.05, 0.1) is 6.61 Å². The zero-order valence-electron chi connectivity index (χ0n) is 12.5. The third-order valence-corrected chi connectivity index (χ3v) is 2.78. The summed E-state index contributed by atoms with van der Waals surface area (Å²) >= 11 is 0. The normalized spacial score (nSPS) is 10.2. The van der Waals surface area contributed by atoms with Crippen LogP contribution in [0.2, 0.25) is 0 Å². The number of esters is 1. The van der Waals surface area contributed by atoms with Crippen LogP contribution < -0.4 is 0 Å². The minimum absolute atomic E-state index is 0.178. The van der Waals surface area contributed by atoms with E-state index in [4.69, 9.17) is 4.74 Å². The van der Waals surface area contributed by atoms with Crippen molar-refractivity contribution in [2.24, 2.45) is 0 Å². The number of unbranched alkanes of at least 4 members (excludes halogenated alkanes) is 7. The fraction of sp³-hybridized carbons (Fsp3) is 0.706. The molecule has 0 aromatic carbocycles. The van der Waals surface area contributed by atoms with Gasteiger partial charge in [-0.25, -0.2) is 0 Å². The van der Waals surface area contributed by atoms with E-state index >= 15 is 0 Å². The van der Waals surface area contributed by atoms with Gasteiger partial charge in [-0.15, -0.1) is 0 Å². The lowest BCUT2D eigenvalue weighted by molar-refractivity contribution is -0.141. The van der Waals surface area contributed by atoms with Crippen LogP contribution in [-0.2, 0) is 9.53 Å². The molecule has 0 atom stereocenters. The second kappa shape index (κ2) is 14.8. The molecule has 0 N–H and O–H groups in total. The van der Waals surface area contributed by atoms with E-state index in [9.17, 15) is 4.79 Å². The Hall–Kier alpha value is -1.23. The lowest BCUT2D eigenvalue weighted by atomic mass is 10.1. The molecule has 0 aliphatic carbocycles. The van der Waals surface area contributed by atoms with E-state index in [1.807, 2.05) is 6.08 Å². The van der Waals surface area contributed by atoms with Crippen LogP contribution >= 0.6 is 0 Å². The molecule has 0 spiro atoms. The molecule has 108 valence electrons. The van der Waals surface area contributed by atoms with Crippen LogP contribution in [-0.4, -0.2) is 12.6 Å². The van der Waals surface area contributed by atoms with Crippen LogP contribution in [0.15, 0.2) is 12.2 Å². The van der Waals surface area contributed by atoms with Crippen molar-refractivity contribution in [3.8, 4) is 11.8 Å². The van der Waals surface area contributed by atoms with Crippen LogP contribution in [0.1, 0.15) is 71.6 Å². The highest BCUT2D eigenvalue weighted by Gasteiger charge is 1.93. The predicted octanol–water partition coefficient (Wildman–Crippen LogP) is 4.64. The van der Waals surface area contributed by atoms with Gasteiger partial charge in [-0.2, -0.15) is 0 Å². The van der Waals surface area contributed by atoms with Crippen LogP contribution in [0.5, 0.6) is 0 Å². The van der Waals surface area contributed by atoms with Crippen molar-refractivity contribution in [2.45, 2.75) is 71.6 Å². The highest BCUT2D eigenvalue weighted by atomic mass is 16.5. The van der Waals surface area contributed by atoms with Gasteiger partial charge >= 0.3 is 5.97 Å². The quantitative estimate of drug-likeness (QED) is 0.326. The van der Waals surface area contributed by atoms with Crippen molar-refractivity contribution in [1.29, 1.82) is 0 Å². The smallest absolute Gasteiger partial charge is 0.302 e. The topological polar surface area (TPSA) is 26.3 Å². The average molecular weight is 264 g/mol. The Kier molecular flexibility index (Phi) is 13.9. The number of allylic oxidation sites excluding steroid dienone is 2. The molecular formula is C17H28O2. The summed E-state index contributed by atoms with van der Waals surface area (Å²) in [7, 11) is 0. The van der Waals surface area contributed by atoms with Crippen molar-refractivity contribution in [2.75, 3.05) is 6.61 Å². The van der Waals surface area contributed by atoms with E-state index in [-0.39, 0.29) is 5.97 Å². The summed E-state index contributed by atoms with van der Waals surface area (Å²) in [6, 6.07) is 0. The van der Waals surface area contributed by atoms with E-state index in [2.05, 4.69) is 24.8 Å². The summed E-state index contributed by atoms with van der Waals surface area (Å²) < 4.78 is 4.87. The Morgan fingerprint density at radius 3 is 2.58 bits per heavy atom. The van der Waals surface area contributed by atoms with Gasteiger partial charge < -0.3 is 4.74 Å². The molecule has 2 nitrogen and oxygen atoms in total. The molecule has 0 aliphatic heterocycles. The zero-order valence-corrected chi connectivity index (χ0v) is 12.5. The number of hydrogen-bond acceptors (Lipinski definition) is 2. The summed E-state index contributed by atoms with van der Waals surface area (Å²) in [6.45, 7) is 4.22. The molecule has 0 fully saturated rings. The fourth-order valence-corrected chi connectivity index (χ4v) is 1.66. The molecule has 0 aliphatic rings. The average Bonchev–Trinajstić information content (AvgIpc) is 2.39. The van der Waals surface area contributed by atoms with Crippen LogP contribution in [0.25, 0.3) is 0 Å². The molecule has 0 unspecified atom stereocenters. The Morgan fingerprint density at radius 2 is 1.84 bits per heavy atom. The Labute approximate surface area is 118 Å². The fourth-order valence-electron chi connectivity index (χ4n) is 1.66. The lowest BCUT2D eigenvalue weighted by Crippen LogP contribution is -1.99. The maximum Gasteiger partial charge on any atom is 0.302 e. The minimum Gasteiger partial charge on any atom is -0.466 e. The zero-order chi connectivity index (χ0) is 14.2. The lowest BCUT2D eigenvalue weighted by Gasteiger charge is -2.01. The van der Waals surface area contributed by atoms with Crippen LogP contribution in [0.4, 0.5) is 0 Å². The molecule has 0 bridgehead atoms. The first-order chi connectivity index (χ1) is 9.27. The molecule has 0 saturated carbocycles. The third-order valence-electron chi connectivity index (χ3n) is 2.78. The van der Waals surface area contributed by atoms with Gasteiger partial charge in [-0.3, -0.25) is 4.79 Å². The largest absolute Gasteiger partial charge is 0.466 e. The Balaban J connectivity index is 3.20. The summed E-state index contributed by atoms with van der Waals surface area (Å²) in [6.07, 6.45) is 14.5. The number of carbonyl (C=O) groups excluding carboxylic acids is 1. The summed E-state index contributed by atoms with van der Waals surface area (Å²) in [5.74, 6) is 6.07. The Bertz CT molecular complexity index is 294. The maximum atomic E-state index is 10.5. The van der Waals surface area contributed by atoms with E-state index in [0.29, 0.717) is 6.61 Å². The monoisotopic (exact) mass is 264 g/mol. The van der Waals surface area contributed by atoms with Gasteiger partial charge in [0, 0.05) is 13.3 Å². The molecule has 0 radical (unpaired) electrons. The van der Waals surface area contributed by atoms with Crippen molar-refractivity contribution in [3.05, 3.63) is 12.2 Å². The molecule has 0 heterocycles. The molecule has 2 heteroatoms. The van der Waals surface area contributed by atoms with Gasteiger partial charge in [-0.05, 0) is 25.3 Å².